The van der Waals surface area contributed by atoms with Crippen LogP contribution in [-0.2, 0) is 10.8 Å². The molecule has 46 heavy (non-hydrogen) atoms. The highest BCUT2D eigenvalue weighted by Gasteiger charge is 2.46. The summed E-state index contributed by atoms with van der Waals surface area (Å²) in [6, 6.07) is 64.0. The van der Waals surface area contributed by atoms with Crippen LogP contribution in [0.3, 0.4) is 0 Å². The van der Waals surface area contributed by atoms with Crippen LogP contribution in [0.1, 0.15) is 45.9 Å². The Bertz CT molecular complexity index is 2190. The van der Waals surface area contributed by atoms with Gasteiger partial charge in [-0.2, -0.15) is 0 Å². The minimum atomic E-state index is -0.431. The van der Waals surface area contributed by atoms with Gasteiger partial charge in [-0.05, 0) is 81.3 Å². The highest BCUT2D eigenvalue weighted by atomic mass is 16.5. The zero-order valence-corrected chi connectivity index (χ0v) is 25.7. The molecule has 1 aliphatic carbocycles. The third-order valence-corrected chi connectivity index (χ3v) is 10.3. The average molecular weight is 589 g/mol. The van der Waals surface area contributed by atoms with Gasteiger partial charge in [-0.15, -0.1) is 0 Å². The number of rotatable bonds is 4. The Morgan fingerprint density at radius 1 is 0.370 bits per heavy atom. The lowest BCUT2D eigenvalue weighted by atomic mass is 9.67. The van der Waals surface area contributed by atoms with Gasteiger partial charge in [0.15, 0.2) is 0 Å². The molecule has 7 aromatic rings. The molecule has 0 aromatic heterocycles. The van der Waals surface area contributed by atoms with Crippen molar-refractivity contribution in [3.8, 4) is 33.8 Å². The molecule has 9 rings (SSSR count). The molecular weight excluding hydrogens is 556 g/mol. The average Bonchev–Trinajstić information content (AvgIpc) is 3.43. The number of benzene rings is 7. The highest BCUT2D eigenvalue weighted by molar-refractivity contribution is 5.88. The van der Waals surface area contributed by atoms with Crippen LogP contribution >= 0.6 is 0 Å². The molecule has 0 saturated carbocycles. The zero-order chi connectivity index (χ0) is 30.7. The van der Waals surface area contributed by atoms with Crippen LogP contribution in [0.25, 0.3) is 22.3 Å². The van der Waals surface area contributed by atoms with E-state index >= 15 is 0 Å². The standard InChI is InChI=1S/C45H32O/c1-44(33-15-5-2-6-16-33)39-23-13-14-24-42(39)46-43-28-26-32(30-41(43)44)31-25-27-37-36-21-11-12-22-38(36)45(40(37)29-31,34-17-7-3-8-18-34)35-19-9-4-10-20-35/h2-30H,1H3. The highest BCUT2D eigenvalue weighted by Crippen LogP contribution is 2.57. The van der Waals surface area contributed by atoms with Gasteiger partial charge in [0.25, 0.3) is 0 Å². The van der Waals surface area contributed by atoms with Crippen LogP contribution in [-0.4, -0.2) is 0 Å². The van der Waals surface area contributed by atoms with E-state index in [9.17, 15) is 0 Å². The van der Waals surface area contributed by atoms with Crippen molar-refractivity contribution in [2.24, 2.45) is 0 Å². The smallest absolute Gasteiger partial charge is 0.131 e. The van der Waals surface area contributed by atoms with Crippen molar-refractivity contribution in [3.05, 3.63) is 215 Å². The van der Waals surface area contributed by atoms with Gasteiger partial charge in [0.2, 0.25) is 0 Å². The predicted octanol–water partition coefficient (Wildman–Crippen LogP) is 11.2. The SMILES string of the molecule is CC1(c2ccccc2)c2ccccc2Oc2ccc(-c3ccc4c(c3)C(c3ccccc3)(c3ccccc3)c3ccccc3-4)cc21. The summed E-state index contributed by atoms with van der Waals surface area (Å²) in [4.78, 5) is 0. The Morgan fingerprint density at radius 3 is 1.52 bits per heavy atom. The first-order chi connectivity index (χ1) is 22.7. The molecule has 0 radical (unpaired) electrons. The van der Waals surface area contributed by atoms with Crippen molar-refractivity contribution in [1.82, 2.24) is 0 Å². The Morgan fingerprint density at radius 2 is 0.848 bits per heavy atom. The molecule has 0 saturated heterocycles. The molecule has 0 fully saturated rings. The second-order valence-corrected chi connectivity index (χ2v) is 12.6. The van der Waals surface area contributed by atoms with Crippen molar-refractivity contribution in [1.29, 1.82) is 0 Å². The van der Waals surface area contributed by atoms with Gasteiger partial charge in [-0.25, -0.2) is 0 Å². The maximum atomic E-state index is 6.55. The largest absolute Gasteiger partial charge is 0.457 e. The van der Waals surface area contributed by atoms with Gasteiger partial charge < -0.3 is 4.74 Å². The third kappa shape index (κ3) is 3.69. The summed E-state index contributed by atoms with van der Waals surface area (Å²) in [5.41, 5.74) is 13.0. The molecular formula is C45H32O. The van der Waals surface area contributed by atoms with Crippen LogP contribution in [0.15, 0.2) is 176 Å². The number of hydrogen-bond donors (Lipinski definition) is 0. The molecule has 0 amide bonds. The lowest BCUT2D eigenvalue weighted by Crippen LogP contribution is -2.29. The summed E-state index contributed by atoms with van der Waals surface area (Å²) < 4.78 is 6.55. The molecule has 1 aliphatic heterocycles. The second-order valence-electron chi connectivity index (χ2n) is 12.6. The van der Waals surface area contributed by atoms with E-state index in [0.717, 1.165) is 11.5 Å². The molecule has 0 N–H and O–H groups in total. The molecule has 1 atom stereocenters. The summed E-state index contributed by atoms with van der Waals surface area (Å²) >= 11 is 0. The number of para-hydroxylation sites is 1. The topological polar surface area (TPSA) is 9.23 Å². The van der Waals surface area contributed by atoms with Gasteiger partial charge >= 0.3 is 0 Å². The lowest BCUT2D eigenvalue weighted by molar-refractivity contribution is 0.427. The van der Waals surface area contributed by atoms with E-state index in [2.05, 4.69) is 183 Å². The van der Waals surface area contributed by atoms with Crippen LogP contribution in [0, 0.1) is 0 Å². The van der Waals surface area contributed by atoms with Crippen LogP contribution < -0.4 is 4.74 Å². The third-order valence-electron chi connectivity index (χ3n) is 10.3. The van der Waals surface area contributed by atoms with E-state index < -0.39 is 5.41 Å². The van der Waals surface area contributed by atoms with E-state index in [0.29, 0.717) is 0 Å². The first-order valence-corrected chi connectivity index (χ1v) is 16.0. The maximum absolute atomic E-state index is 6.55. The quantitative estimate of drug-likeness (QED) is 0.199. The number of fused-ring (bicyclic) bond motifs is 5. The Labute approximate surface area is 270 Å². The maximum Gasteiger partial charge on any atom is 0.131 e. The zero-order valence-electron chi connectivity index (χ0n) is 25.7. The van der Waals surface area contributed by atoms with Crippen molar-refractivity contribution < 1.29 is 4.74 Å². The molecule has 1 nitrogen and oxygen atoms in total. The van der Waals surface area contributed by atoms with E-state index in [-0.39, 0.29) is 5.41 Å². The summed E-state index contributed by atoms with van der Waals surface area (Å²) in [5.74, 6) is 1.82. The van der Waals surface area contributed by atoms with E-state index in [4.69, 9.17) is 4.74 Å². The summed E-state index contributed by atoms with van der Waals surface area (Å²) in [5, 5.41) is 0. The normalized spacial score (nSPS) is 16.8. The Hall–Kier alpha value is -5.66. The molecule has 2 aliphatic rings. The first kappa shape index (κ1) is 26.7. The molecule has 1 heterocycles. The van der Waals surface area contributed by atoms with Gasteiger partial charge in [0, 0.05) is 16.5 Å². The fraction of sp³-hybridized carbons (Fsp3) is 0.0667. The number of ether oxygens (including phenoxy) is 1. The van der Waals surface area contributed by atoms with Gasteiger partial charge in [0.1, 0.15) is 11.5 Å². The van der Waals surface area contributed by atoms with Crippen molar-refractivity contribution in [2.45, 2.75) is 17.8 Å². The van der Waals surface area contributed by atoms with Gasteiger partial charge in [-0.3, -0.25) is 0 Å². The monoisotopic (exact) mass is 588 g/mol. The Kier molecular flexibility index (Phi) is 5.92. The predicted molar refractivity (Wildman–Crippen MR) is 188 cm³/mol. The van der Waals surface area contributed by atoms with E-state index in [1.165, 1.54) is 61.2 Å². The van der Waals surface area contributed by atoms with Crippen molar-refractivity contribution >= 4 is 0 Å². The van der Waals surface area contributed by atoms with E-state index in [1.807, 2.05) is 0 Å². The van der Waals surface area contributed by atoms with Gasteiger partial charge in [-0.1, -0.05) is 152 Å². The van der Waals surface area contributed by atoms with Crippen LogP contribution in [0.5, 0.6) is 11.5 Å². The minimum absolute atomic E-state index is 0.369. The summed E-state index contributed by atoms with van der Waals surface area (Å²) in [6.07, 6.45) is 0. The molecule has 1 heteroatoms. The summed E-state index contributed by atoms with van der Waals surface area (Å²) in [6.45, 7) is 2.33. The van der Waals surface area contributed by atoms with Crippen LogP contribution in [0.2, 0.25) is 0 Å². The summed E-state index contributed by atoms with van der Waals surface area (Å²) in [7, 11) is 0. The van der Waals surface area contributed by atoms with Crippen LogP contribution in [0.4, 0.5) is 0 Å². The molecule has 7 aromatic carbocycles. The molecule has 0 bridgehead atoms. The second kappa shape index (κ2) is 10.2. The molecule has 0 spiro atoms. The van der Waals surface area contributed by atoms with Crippen molar-refractivity contribution in [3.63, 3.8) is 0 Å². The van der Waals surface area contributed by atoms with E-state index in [1.54, 1.807) is 0 Å². The molecule has 218 valence electrons. The fourth-order valence-corrected chi connectivity index (χ4v) is 8.13. The minimum Gasteiger partial charge on any atom is -0.457 e. The fourth-order valence-electron chi connectivity index (χ4n) is 8.13. The first-order valence-electron chi connectivity index (χ1n) is 16.0. The van der Waals surface area contributed by atoms with Crippen molar-refractivity contribution in [2.75, 3.05) is 0 Å². The number of hydrogen-bond acceptors (Lipinski definition) is 1. The lowest BCUT2D eigenvalue weighted by Gasteiger charge is -2.38. The Balaban J connectivity index is 1.28. The van der Waals surface area contributed by atoms with Gasteiger partial charge in [0.05, 0.1) is 5.41 Å². The molecule has 1 unspecified atom stereocenters.